The van der Waals surface area contributed by atoms with E-state index in [1.165, 1.54) is 11.1 Å². The van der Waals surface area contributed by atoms with Crippen molar-refractivity contribution in [3.63, 3.8) is 0 Å². The zero-order valence-electron chi connectivity index (χ0n) is 19.8. The molecule has 0 unspecified atom stereocenters. The Hall–Kier alpha value is -4.00. The van der Waals surface area contributed by atoms with E-state index in [-0.39, 0.29) is 0 Å². The van der Waals surface area contributed by atoms with E-state index in [0.29, 0.717) is 13.1 Å². The molecule has 0 fully saturated rings. The normalized spacial score (nSPS) is 12.1. The number of thiazole rings is 2. The molecule has 0 saturated heterocycles. The molecular weight excluding hydrogens is 480 g/mol. The fourth-order valence-electron chi connectivity index (χ4n) is 3.95. The first-order chi connectivity index (χ1) is 17.8. The van der Waals surface area contributed by atoms with E-state index in [1.807, 2.05) is 48.6 Å². The van der Waals surface area contributed by atoms with E-state index in [4.69, 9.17) is 9.98 Å². The lowest BCUT2D eigenvalue weighted by atomic mass is 10.2. The first-order valence-corrected chi connectivity index (χ1v) is 13.4. The Balaban J connectivity index is 1.48. The fourth-order valence-corrected chi connectivity index (χ4v) is 5.83. The molecule has 2 heterocycles. The van der Waals surface area contributed by atoms with Crippen LogP contribution in [0.15, 0.2) is 131 Å². The molecule has 0 N–H and O–H groups in total. The predicted octanol–water partition coefficient (Wildman–Crippen LogP) is 7.58. The number of aromatic nitrogens is 2. The van der Waals surface area contributed by atoms with Gasteiger partial charge in [0, 0.05) is 23.8 Å². The first-order valence-electron chi connectivity index (χ1n) is 11.7. The topological polar surface area (TPSA) is 34.6 Å². The van der Waals surface area contributed by atoms with Crippen molar-refractivity contribution in [2.45, 2.75) is 13.1 Å². The van der Waals surface area contributed by atoms with Crippen molar-refractivity contribution in [1.82, 2.24) is 9.13 Å². The van der Waals surface area contributed by atoms with Crippen LogP contribution in [-0.2, 0) is 13.1 Å². The minimum absolute atomic E-state index is 0.700. The van der Waals surface area contributed by atoms with Crippen molar-refractivity contribution >= 4 is 34.0 Å². The predicted molar refractivity (Wildman–Crippen MR) is 153 cm³/mol. The van der Waals surface area contributed by atoms with Crippen molar-refractivity contribution in [2.75, 3.05) is 0 Å². The van der Waals surface area contributed by atoms with E-state index < -0.39 is 0 Å². The van der Waals surface area contributed by atoms with Gasteiger partial charge in [-0.05, 0) is 35.4 Å². The van der Waals surface area contributed by atoms with Crippen LogP contribution in [0.5, 0.6) is 0 Å². The number of benzene rings is 3. The molecular formula is C30H26N4S2. The van der Waals surface area contributed by atoms with Gasteiger partial charge in [-0.25, -0.2) is 9.98 Å². The van der Waals surface area contributed by atoms with E-state index in [1.54, 1.807) is 22.7 Å². The molecule has 6 heteroatoms. The van der Waals surface area contributed by atoms with Crippen molar-refractivity contribution in [3.8, 4) is 22.5 Å². The Morgan fingerprint density at radius 1 is 0.583 bits per heavy atom. The minimum atomic E-state index is 0.700. The van der Waals surface area contributed by atoms with Crippen molar-refractivity contribution in [2.24, 2.45) is 9.98 Å². The Labute approximate surface area is 218 Å². The summed E-state index contributed by atoms with van der Waals surface area (Å²) in [7, 11) is 0. The molecule has 0 saturated carbocycles. The monoisotopic (exact) mass is 506 g/mol. The summed E-state index contributed by atoms with van der Waals surface area (Å²) >= 11 is 3.27. The second-order valence-electron chi connectivity index (χ2n) is 8.08. The standard InChI is InChI=1S/C30H26N4S2/c1-3-19-33-27(23-11-7-5-8-12-23)21-35-29(33)31-25-15-17-26(18-16-25)32-30-34(20-4-2)28(22-36-30)24-13-9-6-10-14-24/h3-18,21-22H,1-2,19-20H2. The molecule has 2 aromatic heterocycles. The van der Waals surface area contributed by atoms with Gasteiger partial charge in [-0.3, -0.25) is 0 Å². The van der Waals surface area contributed by atoms with Gasteiger partial charge < -0.3 is 9.13 Å². The average molecular weight is 507 g/mol. The molecule has 0 aliphatic heterocycles. The highest BCUT2D eigenvalue weighted by Crippen LogP contribution is 2.23. The average Bonchev–Trinajstić information content (AvgIpc) is 3.50. The van der Waals surface area contributed by atoms with Crippen LogP contribution >= 0.6 is 22.7 Å². The van der Waals surface area contributed by atoms with Gasteiger partial charge in [-0.1, -0.05) is 72.8 Å². The second kappa shape index (κ2) is 11.2. The molecule has 5 aromatic rings. The number of hydrogen-bond donors (Lipinski definition) is 0. The van der Waals surface area contributed by atoms with E-state index >= 15 is 0 Å². The zero-order valence-corrected chi connectivity index (χ0v) is 21.5. The minimum Gasteiger partial charge on any atom is -0.313 e. The largest absolute Gasteiger partial charge is 0.313 e. The Morgan fingerprint density at radius 3 is 1.33 bits per heavy atom. The van der Waals surface area contributed by atoms with Crippen LogP contribution in [0.3, 0.4) is 0 Å². The van der Waals surface area contributed by atoms with Gasteiger partial charge in [0.15, 0.2) is 9.60 Å². The third-order valence-corrected chi connectivity index (χ3v) is 7.38. The Morgan fingerprint density at radius 2 is 0.972 bits per heavy atom. The first kappa shape index (κ1) is 23.7. The van der Waals surface area contributed by atoms with Crippen LogP contribution < -0.4 is 9.60 Å². The SMILES string of the molecule is C=CCn1c(-c2ccccc2)csc1=Nc1ccc(N=c2scc(-c3ccccc3)n2CC=C)cc1. The molecule has 36 heavy (non-hydrogen) atoms. The maximum Gasteiger partial charge on any atom is 0.190 e. The van der Waals surface area contributed by atoms with E-state index in [0.717, 1.165) is 32.4 Å². The smallest absolute Gasteiger partial charge is 0.190 e. The van der Waals surface area contributed by atoms with Crippen LogP contribution in [0.1, 0.15) is 0 Å². The molecule has 0 atom stereocenters. The van der Waals surface area contributed by atoms with Gasteiger partial charge in [-0.15, -0.1) is 35.8 Å². The summed E-state index contributed by atoms with van der Waals surface area (Å²) in [5, 5.41) is 4.31. The Kier molecular flexibility index (Phi) is 7.36. The zero-order chi connectivity index (χ0) is 24.7. The molecule has 0 radical (unpaired) electrons. The highest BCUT2D eigenvalue weighted by Gasteiger charge is 2.08. The quantitative estimate of drug-likeness (QED) is 0.194. The molecule has 0 aliphatic carbocycles. The van der Waals surface area contributed by atoms with Crippen LogP contribution in [0, 0.1) is 0 Å². The maximum atomic E-state index is 4.92. The summed E-state index contributed by atoms with van der Waals surface area (Å²) in [5.41, 5.74) is 6.41. The third-order valence-electron chi connectivity index (χ3n) is 5.66. The van der Waals surface area contributed by atoms with Crippen LogP contribution in [0.2, 0.25) is 0 Å². The van der Waals surface area contributed by atoms with Gasteiger partial charge in [0.1, 0.15) is 0 Å². The maximum absolute atomic E-state index is 4.92. The lowest BCUT2D eigenvalue weighted by molar-refractivity contribution is 0.799. The van der Waals surface area contributed by atoms with E-state index in [9.17, 15) is 0 Å². The third kappa shape index (κ3) is 5.15. The highest BCUT2D eigenvalue weighted by molar-refractivity contribution is 7.07. The van der Waals surface area contributed by atoms with Crippen LogP contribution in [0.25, 0.3) is 22.5 Å². The molecule has 0 bridgehead atoms. The lowest BCUT2D eigenvalue weighted by Gasteiger charge is -2.06. The number of hydrogen-bond acceptors (Lipinski definition) is 4. The van der Waals surface area contributed by atoms with Gasteiger partial charge in [0.05, 0.1) is 22.8 Å². The number of nitrogens with zero attached hydrogens (tertiary/aromatic N) is 4. The highest BCUT2D eigenvalue weighted by atomic mass is 32.1. The molecule has 0 aliphatic rings. The van der Waals surface area contributed by atoms with Gasteiger partial charge in [0.2, 0.25) is 0 Å². The summed E-state index contributed by atoms with van der Waals surface area (Å²) < 4.78 is 4.39. The van der Waals surface area contributed by atoms with Gasteiger partial charge >= 0.3 is 0 Å². The Bertz CT molecular complexity index is 1480. The summed E-state index contributed by atoms with van der Waals surface area (Å²) in [6.45, 7) is 9.27. The molecule has 3 aromatic carbocycles. The van der Waals surface area contributed by atoms with Gasteiger partial charge in [-0.2, -0.15) is 0 Å². The molecule has 0 amide bonds. The van der Waals surface area contributed by atoms with Gasteiger partial charge in [0.25, 0.3) is 0 Å². The summed E-state index contributed by atoms with van der Waals surface area (Å²) in [6.07, 6.45) is 3.81. The summed E-state index contributed by atoms with van der Waals surface area (Å²) in [6, 6.07) is 28.8. The molecule has 0 spiro atoms. The number of allylic oxidation sites excluding steroid dienone is 2. The second-order valence-corrected chi connectivity index (χ2v) is 9.75. The molecule has 178 valence electrons. The molecule has 4 nitrogen and oxygen atoms in total. The summed E-state index contributed by atoms with van der Waals surface area (Å²) in [4.78, 5) is 11.7. The van der Waals surface area contributed by atoms with Crippen molar-refractivity contribution < 1.29 is 0 Å². The molecule has 5 rings (SSSR count). The summed E-state index contributed by atoms with van der Waals surface area (Å²) in [5.74, 6) is 0. The van der Waals surface area contributed by atoms with Crippen molar-refractivity contribution in [3.05, 3.63) is 131 Å². The number of rotatable bonds is 8. The lowest BCUT2D eigenvalue weighted by Crippen LogP contribution is -2.15. The van der Waals surface area contributed by atoms with Crippen LogP contribution in [0.4, 0.5) is 11.4 Å². The van der Waals surface area contributed by atoms with Crippen molar-refractivity contribution in [1.29, 1.82) is 0 Å². The van der Waals surface area contributed by atoms with E-state index in [2.05, 4.69) is 81.6 Å². The van der Waals surface area contributed by atoms with Crippen LogP contribution in [-0.4, -0.2) is 9.13 Å². The fraction of sp³-hybridized carbons (Fsp3) is 0.0667.